The van der Waals surface area contributed by atoms with Crippen molar-refractivity contribution in [1.82, 2.24) is 39.2 Å². The topological polar surface area (TPSA) is 97.3 Å². The summed E-state index contributed by atoms with van der Waals surface area (Å²) >= 11 is 0. The van der Waals surface area contributed by atoms with E-state index in [1.807, 2.05) is 28.5 Å². The first kappa shape index (κ1) is 15.7. The van der Waals surface area contributed by atoms with Crippen LogP contribution in [0, 0.1) is 0 Å². The van der Waals surface area contributed by atoms with Gasteiger partial charge < -0.3 is 9.80 Å². The van der Waals surface area contributed by atoms with Crippen LogP contribution in [0.15, 0.2) is 37.1 Å². The molecule has 1 aliphatic heterocycles. The molecule has 4 aromatic heterocycles. The number of fused-ring (bicyclic) bond motifs is 2. The van der Waals surface area contributed by atoms with E-state index in [9.17, 15) is 4.79 Å². The van der Waals surface area contributed by atoms with Crippen LogP contribution in [0.4, 0.5) is 5.82 Å². The second-order valence-corrected chi connectivity index (χ2v) is 6.48. The highest BCUT2D eigenvalue weighted by Crippen LogP contribution is 2.18. The summed E-state index contributed by atoms with van der Waals surface area (Å²) in [4.78, 5) is 25.5. The van der Waals surface area contributed by atoms with Gasteiger partial charge in [0.1, 0.15) is 17.7 Å². The Labute approximate surface area is 154 Å². The van der Waals surface area contributed by atoms with E-state index >= 15 is 0 Å². The number of nitrogens with zero attached hydrogens (tertiary/aromatic N) is 9. The molecule has 1 fully saturated rings. The third-order valence-electron chi connectivity index (χ3n) is 4.93. The van der Waals surface area contributed by atoms with E-state index in [0.717, 1.165) is 29.9 Å². The van der Waals surface area contributed by atoms with Crippen LogP contribution in [0.25, 0.3) is 16.8 Å². The van der Waals surface area contributed by atoms with Crippen molar-refractivity contribution in [2.45, 2.75) is 0 Å². The molecular weight excluding hydrogens is 346 g/mol. The van der Waals surface area contributed by atoms with Gasteiger partial charge in [0.05, 0.1) is 17.3 Å². The summed E-state index contributed by atoms with van der Waals surface area (Å²) in [5, 5.41) is 12.1. The van der Waals surface area contributed by atoms with Crippen molar-refractivity contribution >= 4 is 28.5 Å². The number of carbonyl (C=O) groups is 1. The van der Waals surface area contributed by atoms with Gasteiger partial charge in [-0.15, -0.1) is 10.2 Å². The van der Waals surface area contributed by atoms with E-state index in [-0.39, 0.29) is 5.91 Å². The molecule has 1 saturated heterocycles. The molecule has 1 amide bonds. The summed E-state index contributed by atoms with van der Waals surface area (Å²) in [5.41, 5.74) is 2.23. The van der Waals surface area contributed by atoms with Gasteiger partial charge in [-0.25, -0.2) is 4.98 Å². The van der Waals surface area contributed by atoms with Gasteiger partial charge in [0.25, 0.3) is 11.7 Å². The SMILES string of the molecule is Cn1ncc2ncc(C(=O)N3CCN(c4ccnc5nncn45)CC3)cc21. The molecule has 0 atom stereocenters. The minimum atomic E-state index is -0.00516. The molecule has 1 aliphatic rings. The Morgan fingerprint density at radius 1 is 1.11 bits per heavy atom. The zero-order chi connectivity index (χ0) is 18.4. The third-order valence-corrected chi connectivity index (χ3v) is 4.93. The summed E-state index contributed by atoms with van der Waals surface area (Å²) in [6.45, 7) is 2.72. The Hall–Kier alpha value is -3.56. The van der Waals surface area contributed by atoms with Gasteiger partial charge in [-0.2, -0.15) is 5.10 Å². The van der Waals surface area contributed by atoms with Crippen LogP contribution in [-0.2, 0) is 7.05 Å². The molecule has 0 aromatic carbocycles. The maximum absolute atomic E-state index is 12.9. The second-order valence-electron chi connectivity index (χ2n) is 6.48. The lowest BCUT2D eigenvalue weighted by Gasteiger charge is -2.36. The first-order valence-electron chi connectivity index (χ1n) is 8.67. The molecule has 10 heteroatoms. The Morgan fingerprint density at radius 2 is 1.96 bits per heavy atom. The first-order valence-corrected chi connectivity index (χ1v) is 8.67. The fraction of sp³-hybridized carbons (Fsp3) is 0.294. The Balaban J connectivity index is 1.34. The number of carbonyl (C=O) groups excluding carboxylic acids is 1. The number of rotatable bonds is 2. The molecule has 136 valence electrons. The van der Waals surface area contributed by atoms with E-state index in [2.05, 4.69) is 30.2 Å². The van der Waals surface area contributed by atoms with Crippen molar-refractivity contribution in [2.24, 2.45) is 7.05 Å². The lowest BCUT2D eigenvalue weighted by Crippen LogP contribution is -2.49. The van der Waals surface area contributed by atoms with E-state index < -0.39 is 0 Å². The highest BCUT2D eigenvalue weighted by molar-refractivity contribution is 5.96. The Bertz CT molecular complexity index is 1140. The zero-order valence-corrected chi connectivity index (χ0v) is 14.7. The average Bonchev–Trinajstić information content (AvgIpc) is 3.34. The fourth-order valence-corrected chi connectivity index (χ4v) is 3.45. The number of piperazine rings is 1. The van der Waals surface area contributed by atoms with E-state index in [1.54, 1.807) is 29.6 Å². The highest BCUT2D eigenvalue weighted by atomic mass is 16.2. The predicted octanol–water partition coefficient (Wildman–Crippen LogP) is 0.368. The van der Waals surface area contributed by atoms with Crippen LogP contribution < -0.4 is 4.90 Å². The summed E-state index contributed by atoms with van der Waals surface area (Å²) in [6.07, 6.45) is 6.71. The summed E-state index contributed by atoms with van der Waals surface area (Å²) in [5.74, 6) is 1.55. The van der Waals surface area contributed by atoms with Gasteiger partial charge in [-0.05, 0) is 12.1 Å². The molecular formula is C17H17N9O. The van der Waals surface area contributed by atoms with Crippen molar-refractivity contribution in [1.29, 1.82) is 0 Å². The Morgan fingerprint density at radius 3 is 2.81 bits per heavy atom. The lowest BCUT2D eigenvalue weighted by atomic mass is 10.2. The second kappa shape index (κ2) is 6.01. The molecule has 0 bridgehead atoms. The maximum atomic E-state index is 12.9. The normalized spacial score (nSPS) is 15.0. The highest BCUT2D eigenvalue weighted by Gasteiger charge is 2.24. The molecule has 0 aliphatic carbocycles. The minimum Gasteiger partial charge on any atom is -0.354 e. The van der Waals surface area contributed by atoms with Gasteiger partial charge in [-0.1, -0.05) is 0 Å². The molecule has 27 heavy (non-hydrogen) atoms. The third kappa shape index (κ3) is 2.57. The predicted molar refractivity (Wildman–Crippen MR) is 97.4 cm³/mol. The van der Waals surface area contributed by atoms with Crippen LogP contribution in [0.3, 0.4) is 0 Å². The van der Waals surface area contributed by atoms with Crippen LogP contribution in [0.1, 0.15) is 10.4 Å². The number of pyridine rings is 1. The standard InChI is InChI=1S/C17H17N9O/c1-23-14-8-12(9-19-13(14)10-21-23)16(27)25-6-4-24(5-7-25)15-2-3-18-17-22-20-11-26(15)17/h2-3,8-11H,4-7H2,1H3. The molecule has 5 heterocycles. The molecule has 5 rings (SSSR count). The number of aryl methyl sites for hydroxylation is 1. The number of anilines is 1. The van der Waals surface area contributed by atoms with Crippen LogP contribution in [0.2, 0.25) is 0 Å². The summed E-state index contributed by atoms with van der Waals surface area (Å²) < 4.78 is 3.59. The van der Waals surface area contributed by atoms with Gasteiger partial charge >= 0.3 is 0 Å². The molecule has 0 spiro atoms. The van der Waals surface area contributed by atoms with Gasteiger partial charge in [0.2, 0.25) is 0 Å². The number of hydrogen-bond acceptors (Lipinski definition) is 7. The van der Waals surface area contributed by atoms with Gasteiger partial charge in [0.15, 0.2) is 0 Å². The van der Waals surface area contributed by atoms with Crippen molar-refractivity contribution < 1.29 is 4.79 Å². The summed E-state index contributed by atoms with van der Waals surface area (Å²) in [7, 11) is 1.84. The average molecular weight is 363 g/mol. The van der Waals surface area contributed by atoms with Crippen LogP contribution >= 0.6 is 0 Å². The number of amides is 1. The molecule has 0 radical (unpaired) electrons. The molecule has 0 N–H and O–H groups in total. The monoisotopic (exact) mass is 363 g/mol. The molecule has 0 unspecified atom stereocenters. The van der Waals surface area contributed by atoms with Crippen LogP contribution in [0.5, 0.6) is 0 Å². The molecule has 4 aromatic rings. The van der Waals surface area contributed by atoms with Crippen molar-refractivity contribution in [3.63, 3.8) is 0 Å². The lowest BCUT2D eigenvalue weighted by molar-refractivity contribution is 0.0746. The van der Waals surface area contributed by atoms with E-state index in [0.29, 0.717) is 24.4 Å². The molecule has 10 nitrogen and oxygen atoms in total. The Kier molecular flexibility index (Phi) is 3.49. The zero-order valence-electron chi connectivity index (χ0n) is 14.7. The van der Waals surface area contributed by atoms with Crippen LogP contribution in [-0.4, -0.2) is 71.3 Å². The first-order chi connectivity index (χ1) is 13.2. The van der Waals surface area contributed by atoms with E-state index in [4.69, 9.17) is 0 Å². The van der Waals surface area contributed by atoms with Gasteiger partial charge in [-0.3, -0.25) is 18.9 Å². The van der Waals surface area contributed by atoms with Crippen molar-refractivity contribution in [3.05, 3.63) is 42.6 Å². The smallest absolute Gasteiger partial charge is 0.256 e. The maximum Gasteiger partial charge on any atom is 0.256 e. The quantitative estimate of drug-likeness (QED) is 0.507. The summed E-state index contributed by atoms with van der Waals surface area (Å²) in [6, 6.07) is 3.79. The largest absolute Gasteiger partial charge is 0.354 e. The number of hydrogen-bond donors (Lipinski definition) is 0. The number of aromatic nitrogens is 7. The minimum absolute atomic E-state index is 0.00516. The van der Waals surface area contributed by atoms with Crippen molar-refractivity contribution in [2.75, 3.05) is 31.1 Å². The van der Waals surface area contributed by atoms with Gasteiger partial charge in [0, 0.05) is 45.6 Å². The fourth-order valence-electron chi connectivity index (χ4n) is 3.45. The molecule has 0 saturated carbocycles. The van der Waals surface area contributed by atoms with E-state index in [1.165, 1.54) is 0 Å². The van der Waals surface area contributed by atoms with Crippen molar-refractivity contribution in [3.8, 4) is 0 Å².